The van der Waals surface area contributed by atoms with Crippen LogP contribution in [0.2, 0.25) is 0 Å². The Hall–Kier alpha value is -2.29. The second-order valence-corrected chi connectivity index (χ2v) is 6.23. The number of carbonyl (C=O) groups excluding carboxylic acids is 2. The van der Waals surface area contributed by atoms with Gasteiger partial charge in [0.15, 0.2) is 0 Å². The molecule has 1 saturated heterocycles. The fourth-order valence-electron chi connectivity index (χ4n) is 2.95. The maximum Gasteiger partial charge on any atom is 0.573 e. The molecule has 25 heavy (non-hydrogen) atoms. The minimum Gasteiger partial charge on any atom is -0.406 e. The number of benzene rings is 1. The molecule has 6 nitrogen and oxygen atoms in total. The van der Waals surface area contributed by atoms with Crippen LogP contribution in [0.15, 0.2) is 24.3 Å². The quantitative estimate of drug-likeness (QED) is 0.859. The highest BCUT2D eigenvalue weighted by atomic mass is 19.4. The summed E-state index contributed by atoms with van der Waals surface area (Å²) in [5.74, 6) is -1.43. The van der Waals surface area contributed by atoms with Crippen molar-refractivity contribution >= 4 is 17.5 Å². The van der Waals surface area contributed by atoms with Crippen molar-refractivity contribution < 1.29 is 32.6 Å². The van der Waals surface area contributed by atoms with E-state index < -0.39 is 35.6 Å². The Labute approximate surface area is 141 Å². The molecule has 9 heteroatoms. The normalized spacial score (nSPS) is 22.5. The van der Waals surface area contributed by atoms with Crippen LogP contribution in [0.4, 0.5) is 18.9 Å². The predicted molar refractivity (Wildman–Crippen MR) is 80.8 cm³/mol. The molecule has 1 heterocycles. The summed E-state index contributed by atoms with van der Waals surface area (Å²) in [6, 6.07) is 4.31. The zero-order valence-corrected chi connectivity index (χ0v) is 13.2. The standard InChI is InChI=1S/C16H17F3N2O4/c17-16(18,19)25-11-4-1-3-10(9-11)21-8-5-12(13(21)22)20-14(23)15(24)6-2-7-15/h1,3-4,9,12,24H,2,5-8H2,(H,20,23)/t12-/m1/s1. The van der Waals surface area contributed by atoms with Crippen molar-refractivity contribution in [1.29, 1.82) is 0 Å². The number of halogens is 3. The number of nitrogens with one attached hydrogen (secondary N) is 1. The molecule has 136 valence electrons. The number of amides is 2. The maximum absolute atomic E-state index is 12.4. The molecule has 2 amide bonds. The van der Waals surface area contributed by atoms with Crippen molar-refractivity contribution in [3.63, 3.8) is 0 Å². The van der Waals surface area contributed by atoms with Gasteiger partial charge in [0.1, 0.15) is 17.4 Å². The lowest BCUT2D eigenvalue weighted by molar-refractivity contribution is -0.274. The Morgan fingerprint density at radius 2 is 2.08 bits per heavy atom. The summed E-state index contributed by atoms with van der Waals surface area (Å²) in [6.07, 6.45) is -3.03. The van der Waals surface area contributed by atoms with Gasteiger partial charge >= 0.3 is 6.36 Å². The molecular formula is C16H17F3N2O4. The SMILES string of the molecule is O=C1[C@H](NC(=O)C2(O)CCC2)CCN1c1cccc(OC(F)(F)F)c1. The highest BCUT2D eigenvalue weighted by molar-refractivity contribution is 6.02. The molecule has 0 radical (unpaired) electrons. The van der Waals surface area contributed by atoms with Gasteiger partial charge in [0.25, 0.3) is 5.91 Å². The predicted octanol–water partition coefficient (Wildman–Crippen LogP) is 1.72. The largest absolute Gasteiger partial charge is 0.573 e. The van der Waals surface area contributed by atoms with Gasteiger partial charge in [-0.1, -0.05) is 6.07 Å². The van der Waals surface area contributed by atoms with Gasteiger partial charge < -0.3 is 20.1 Å². The van der Waals surface area contributed by atoms with E-state index in [0.29, 0.717) is 19.3 Å². The van der Waals surface area contributed by atoms with Gasteiger partial charge in [-0.3, -0.25) is 9.59 Å². The van der Waals surface area contributed by atoms with Crippen LogP contribution in [0.3, 0.4) is 0 Å². The summed E-state index contributed by atoms with van der Waals surface area (Å²) >= 11 is 0. The second kappa shape index (κ2) is 6.21. The summed E-state index contributed by atoms with van der Waals surface area (Å²) in [5.41, 5.74) is -1.15. The summed E-state index contributed by atoms with van der Waals surface area (Å²) in [4.78, 5) is 25.8. The number of alkyl halides is 3. The van der Waals surface area contributed by atoms with E-state index in [-0.39, 0.29) is 12.2 Å². The number of aliphatic hydroxyl groups is 1. The molecule has 0 spiro atoms. The van der Waals surface area contributed by atoms with Crippen LogP contribution < -0.4 is 15.0 Å². The smallest absolute Gasteiger partial charge is 0.406 e. The van der Waals surface area contributed by atoms with Gasteiger partial charge in [-0.25, -0.2) is 0 Å². The van der Waals surface area contributed by atoms with Crippen molar-refractivity contribution in [2.45, 2.75) is 43.7 Å². The highest BCUT2D eigenvalue weighted by Gasteiger charge is 2.44. The van der Waals surface area contributed by atoms with Crippen molar-refractivity contribution in [3.8, 4) is 5.75 Å². The van der Waals surface area contributed by atoms with E-state index in [0.717, 1.165) is 18.6 Å². The highest BCUT2D eigenvalue weighted by Crippen LogP contribution is 2.33. The van der Waals surface area contributed by atoms with Gasteiger partial charge in [-0.15, -0.1) is 13.2 Å². The number of anilines is 1. The zero-order chi connectivity index (χ0) is 18.2. The molecule has 2 N–H and O–H groups in total. The van der Waals surface area contributed by atoms with Gasteiger partial charge in [0.2, 0.25) is 5.91 Å². The monoisotopic (exact) mass is 358 g/mol. The van der Waals surface area contributed by atoms with Crippen LogP contribution in [0.25, 0.3) is 0 Å². The molecule has 2 aliphatic rings. The Morgan fingerprint density at radius 3 is 2.68 bits per heavy atom. The lowest BCUT2D eigenvalue weighted by Crippen LogP contribution is -2.55. The minimum atomic E-state index is -4.82. The van der Waals surface area contributed by atoms with Crippen LogP contribution in [0.1, 0.15) is 25.7 Å². The number of ether oxygens (including phenoxy) is 1. The minimum absolute atomic E-state index is 0.248. The first-order valence-electron chi connectivity index (χ1n) is 7.88. The zero-order valence-electron chi connectivity index (χ0n) is 13.2. The van der Waals surface area contributed by atoms with Gasteiger partial charge in [0.05, 0.1) is 0 Å². The van der Waals surface area contributed by atoms with E-state index in [2.05, 4.69) is 10.1 Å². The van der Waals surface area contributed by atoms with Gasteiger partial charge in [-0.2, -0.15) is 0 Å². The van der Waals surface area contributed by atoms with Crippen LogP contribution in [0.5, 0.6) is 5.75 Å². The second-order valence-electron chi connectivity index (χ2n) is 6.23. The van der Waals surface area contributed by atoms with Crippen LogP contribution in [0, 0.1) is 0 Å². The van der Waals surface area contributed by atoms with Gasteiger partial charge in [0, 0.05) is 18.3 Å². The average molecular weight is 358 g/mol. The fourth-order valence-corrected chi connectivity index (χ4v) is 2.95. The lowest BCUT2D eigenvalue weighted by atomic mass is 9.79. The third-order valence-electron chi connectivity index (χ3n) is 4.48. The van der Waals surface area contributed by atoms with Crippen molar-refractivity contribution in [2.75, 3.05) is 11.4 Å². The van der Waals surface area contributed by atoms with Gasteiger partial charge in [-0.05, 0) is 37.8 Å². The first-order chi connectivity index (χ1) is 11.7. The summed E-state index contributed by atoms with van der Waals surface area (Å²) in [7, 11) is 0. The molecule has 1 aliphatic carbocycles. The van der Waals surface area contributed by atoms with Crippen LogP contribution in [-0.4, -0.2) is 41.5 Å². The number of nitrogens with zero attached hydrogens (tertiary/aromatic N) is 1. The number of carbonyl (C=O) groups is 2. The third-order valence-corrected chi connectivity index (χ3v) is 4.48. The van der Waals surface area contributed by atoms with Crippen LogP contribution in [-0.2, 0) is 9.59 Å². The third kappa shape index (κ3) is 3.71. The average Bonchev–Trinajstić information content (AvgIpc) is 2.84. The molecule has 0 unspecified atom stereocenters. The number of hydrogen-bond acceptors (Lipinski definition) is 4. The van der Waals surface area contributed by atoms with Crippen molar-refractivity contribution in [1.82, 2.24) is 5.32 Å². The molecule has 0 bridgehead atoms. The molecule has 1 saturated carbocycles. The Morgan fingerprint density at radius 1 is 1.36 bits per heavy atom. The first kappa shape index (κ1) is 17.5. The molecule has 1 aromatic carbocycles. The molecule has 0 aromatic heterocycles. The van der Waals surface area contributed by atoms with E-state index in [1.807, 2.05) is 0 Å². The lowest BCUT2D eigenvalue weighted by Gasteiger charge is -2.35. The molecule has 2 fully saturated rings. The van der Waals surface area contributed by atoms with E-state index in [1.54, 1.807) is 0 Å². The Bertz CT molecular complexity index is 688. The molecule has 3 rings (SSSR count). The van der Waals surface area contributed by atoms with Crippen molar-refractivity contribution in [3.05, 3.63) is 24.3 Å². The number of rotatable bonds is 4. The molecular weight excluding hydrogens is 341 g/mol. The summed E-state index contributed by atoms with van der Waals surface area (Å²) in [6.45, 7) is 0.248. The van der Waals surface area contributed by atoms with E-state index in [4.69, 9.17) is 0 Å². The number of hydrogen-bond donors (Lipinski definition) is 2. The molecule has 1 aliphatic heterocycles. The Balaban J connectivity index is 1.67. The van der Waals surface area contributed by atoms with E-state index >= 15 is 0 Å². The topological polar surface area (TPSA) is 78.9 Å². The summed E-state index contributed by atoms with van der Waals surface area (Å²) in [5, 5.41) is 12.5. The molecule has 1 atom stereocenters. The summed E-state index contributed by atoms with van der Waals surface area (Å²) < 4.78 is 40.8. The Kier molecular flexibility index (Phi) is 4.36. The fraction of sp³-hybridized carbons (Fsp3) is 0.500. The van der Waals surface area contributed by atoms with E-state index in [9.17, 15) is 27.9 Å². The van der Waals surface area contributed by atoms with Crippen molar-refractivity contribution in [2.24, 2.45) is 0 Å². The molecule has 1 aromatic rings. The van der Waals surface area contributed by atoms with E-state index in [1.165, 1.54) is 17.0 Å². The maximum atomic E-state index is 12.4. The van der Waals surface area contributed by atoms with Crippen LogP contribution >= 0.6 is 0 Å². The first-order valence-corrected chi connectivity index (χ1v) is 7.88.